The Kier molecular flexibility index (Phi) is 4.00. The van der Waals surface area contributed by atoms with E-state index in [0.717, 1.165) is 0 Å². The molecule has 1 aliphatic carbocycles. The van der Waals surface area contributed by atoms with Crippen LogP contribution in [0.2, 0.25) is 0 Å². The Morgan fingerprint density at radius 1 is 0.958 bits per heavy atom. The second-order valence-corrected chi connectivity index (χ2v) is 5.48. The predicted molar refractivity (Wildman–Crippen MR) is 86.5 cm³/mol. The number of benzene rings is 2. The molecule has 0 bridgehead atoms. The third-order valence-electron chi connectivity index (χ3n) is 3.54. The highest BCUT2D eigenvalue weighted by molar-refractivity contribution is 6.29. The average Bonchev–Trinajstić information content (AvgIpc) is 2.58. The van der Waals surface area contributed by atoms with Crippen molar-refractivity contribution in [1.29, 1.82) is 0 Å². The smallest absolute Gasteiger partial charge is 0.429 e. The average molecular weight is 322 g/mol. The first-order valence-corrected chi connectivity index (χ1v) is 7.29. The van der Waals surface area contributed by atoms with Crippen LogP contribution in [0.1, 0.15) is 38.8 Å². The summed E-state index contributed by atoms with van der Waals surface area (Å²) in [6.07, 6.45) is -0.953. The number of ether oxygens (including phenoxy) is 2. The quantitative estimate of drug-likeness (QED) is 0.419. The Labute approximate surface area is 138 Å². The van der Waals surface area contributed by atoms with Gasteiger partial charge in [0, 0.05) is 16.7 Å². The maximum absolute atomic E-state index is 12.7. The van der Waals surface area contributed by atoms with Crippen molar-refractivity contribution in [2.75, 3.05) is 6.61 Å². The zero-order valence-electron chi connectivity index (χ0n) is 13.0. The lowest BCUT2D eigenvalue weighted by atomic mass is 9.84. The molecule has 0 aromatic heterocycles. The summed E-state index contributed by atoms with van der Waals surface area (Å²) in [5.41, 5.74) is 1.58. The fourth-order valence-electron chi connectivity index (χ4n) is 2.50. The van der Waals surface area contributed by atoms with Gasteiger partial charge in [0.2, 0.25) is 0 Å². The van der Waals surface area contributed by atoms with Crippen molar-refractivity contribution in [2.45, 2.75) is 6.92 Å². The number of carbonyl (C=O) groups is 3. The molecule has 0 unspecified atom stereocenters. The number of fused-ring (bicyclic) bond motifs is 2. The van der Waals surface area contributed by atoms with Crippen LogP contribution < -0.4 is 4.74 Å². The number of hydrogen-bond donors (Lipinski definition) is 0. The van der Waals surface area contributed by atoms with E-state index in [4.69, 9.17) is 9.47 Å². The van der Waals surface area contributed by atoms with E-state index < -0.39 is 6.16 Å². The summed E-state index contributed by atoms with van der Waals surface area (Å²) >= 11 is 0. The van der Waals surface area contributed by atoms with Crippen LogP contribution in [-0.2, 0) is 4.74 Å². The van der Waals surface area contributed by atoms with E-state index in [1.54, 1.807) is 37.3 Å². The minimum absolute atomic E-state index is 0.00654. The van der Waals surface area contributed by atoms with Gasteiger partial charge in [0.1, 0.15) is 12.4 Å². The standard InChI is InChI=1S/C19H14O5/c1-11(2)10-23-19(22)24-15-9-5-8-14-16(15)18(21)13-7-4-3-6-12(13)17(14)20/h3-9H,1,10H2,2H3. The van der Waals surface area contributed by atoms with E-state index in [9.17, 15) is 14.4 Å². The molecule has 0 amide bonds. The number of rotatable bonds is 3. The summed E-state index contributed by atoms with van der Waals surface area (Å²) in [4.78, 5) is 37.0. The Bertz CT molecular complexity index is 879. The maximum atomic E-state index is 12.7. The third-order valence-corrected chi connectivity index (χ3v) is 3.54. The Morgan fingerprint density at radius 2 is 1.58 bits per heavy atom. The third kappa shape index (κ3) is 2.72. The summed E-state index contributed by atoms with van der Waals surface area (Å²) in [5, 5.41) is 0. The lowest BCUT2D eigenvalue weighted by Crippen LogP contribution is -2.23. The van der Waals surface area contributed by atoms with Gasteiger partial charge in [-0.1, -0.05) is 43.0 Å². The normalized spacial score (nSPS) is 12.2. The Balaban J connectivity index is 1.98. The fourth-order valence-corrected chi connectivity index (χ4v) is 2.50. The molecule has 0 radical (unpaired) electrons. The lowest BCUT2D eigenvalue weighted by molar-refractivity contribution is 0.0962. The fraction of sp³-hybridized carbons (Fsp3) is 0.105. The van der Waals surface area contributed by atoms with E-state index >= 15 is 0 Å². The van der Waals surface area contributed by atoms with Crippen molar-refractivity contribution >= 4 is 17.7 Å². The molecule has 120 valence electrons. The van der Waals surface area contributed by atoms with Crippen molar-refractivity contribution in [3.05, 3.63) is 76.9 Å². The van der Waals surface area contributed by atoms with Gasteiger partial charge in [-0.05, 0) is 18.6 Å². The summed E-state index contributed by atoms with van der Waals surface area (Å²) in [5.74, 6) is -0.628. The van der Waals surface area contributed by atoms with Gasteiger partial charge in [0.05, 0.1) is 5.56 Å². The predicted octanol–water partition coefficient (Wildman–Crippen LogP) is 3.55. The van der Waals surface area contributed by atoms with Crippen LogP contribution in [0.25, 0.3) is 0 Å². The van der Waals surface area contributed by atoms with Crippen LogP contribution in [-0.4, -0.2) is 24.3 Å². The van der Waals surface area contributed by atoms with Crippen molar-refractivity contribution in [3.8, 4) is 5.75 Å². The largest absolute Gasteiger partial charge is 0.514 e. The van der Waals surface area contributed by atoms with E-state index in [2.05, 4.69) is 6.58 Å². The van der Waals surface area contributed by atoms with E-state index in [0.29, 0.717) is 16.7 Å². The number of hydrogen-bond acceptors (Lipinski definition) is 5. The molecule has 0 aliphatic heterocycles. The topological polar surface area (TPSA) is 69.7 Å². The number of ketones is 2. The van der Waals surface area contributed by atoms with Crippen LogP contribution in [0.15, 0.2) is 54.6 Å². The molecule has 0 N–H and O–H groups in total. The zero-order chi connectivity index (χ0) is 17.3. The van der Waals surface area contributed by atoms with Crippen molar-refractivity contribution in [2.24, 2.45) is 0 Å². The monoisotopic (exact) mass is 322 g/mol. The first kappa shape index (κ1) is 15.7. The molecule has 0 fully saturated rings. The molecule has 5 nitrogen and oxygen atoms in total. The highest BCUT2D eigenvalue weighted by Crippen LogP contribution is 2.33. The molecule has 0 atom stereocenters. The minimum Gasteiger partial charge on any atom is -0.429 e. The second kappa shape index (κ2) is 6.12. The van der Waals surface area contributed by atoms with Crippen LogP contribution in [0.4, 0.5) is 4.79 Å². The number of carbonyl (C=O) groups excluding carboxylic acids is 3. The SMILES string of the molecule is C=C(C)COC(=O)Oc1cccc2c1C(=O)c1ccccc1C2=O. The molecule has 2 aromatic carbocycles. The van der Waals surface area contributed by atoms with Crippen molar-refractivity contribution in [3.63, 3.8) is 0 Å². The van der Waals surface area contributed by atoms with Crippen LogP contribution in [0.3, 0.4) is 0 Å². The van der Waals surface area contributed by atoms with Gasteiger partial charge in [-0.25, -0.2) is 4.79 Å². The summed E-state index contributed by atoms with van der Waals surface area (Å²) in [6, 6.07) is 11.1. The van der Waals surface area contributed by atoms with Crippen LogP contribution in [0.5, 0.6) is 5.75 Å². The molecule has 0 heterocycles. The second-order valence-electron chi connectivity index (χ2n) is 5.48. The van der Waals surface area contributed by atoms with E-state index in [1.165, 1.54) is 12.1 Å². The van der Waals surface area contributed by atoms with Gasteiger partial charge in [-0.3, -0.25) is 9.59 Å². The van der Waals surface area contributed by atoms with Gasteiger partial charge in [-0.15, -0.1) is 0 Å². The first-order chi connectivity index (χ1) is 11.5. The van der Waals surface area contributed by atoms with Gasteiger partial charge >= 0.3 is 6.16 Å². The van der Waals surface area contributed by atoms with Crippen molar-refractivity contribution < 1.29 is 23.9 Å². The molecule has 2 aromatic rings. The highest BCUT2D eigenvalue weighted by Gasteiger charge is 2.32. The molecule has 1 aliphatic rings. The van der Waals surface area contributed by atoms with E-state index in [-0.39, 0.29) is 35.0 Å². The Morgan fingerprint density at radius 3 is 2.25 bits per heavy atom. The Hall–Kier alpha value is -3.21. The van der Waals surface area contributed by atoms with Gasteiger partial charge in [-0.2, -0.15) is 0 Å². The molecule has 5 heteroatoms. The minimum atomic E-state index is -0.953. The van der Waals surface area contributed by atoms with E-state index in [1.807, 2.05) is 0 Å². The van der Waals surface area contributed by atoms with Gasteiger partial charge in [0.15, 0.2) is 11.6 Å². The molecular weight excluding hydrogens is 308 g/mol. The summed E-state index contributed by atoms with van der Waals surface area (Å²) in [7, 11) is 0. The summed E-state index contributed by atoms with van der Waals surface area (Å²) in [6.45, 7) is 5.34. The van der Waals surface area contributed by atoms with Gasteiger partial charge in [0.25, 0.3) is 0 Å². The van der Waals surface area contributed by atoms with Gasteiger partial charge < -0.3 is 9.47 Å². The molecule has 0 spiro atoms. The van der Waals surface area contributed by atoms with Crippen LogP contribution >= 0.6 is 0 Å². The summed E-state index contributed by atoms with van der Waals surface area (Å²) < 4.78 is 9.99. The molecular formula is C19H14O5. The zero-order valence-corrected chi connectivity index (χ0v) is 13.0. The molecule has 24 heavy (non-hydrogen) atoms. The highest BCUT2D eigenvalue weighted by atomic mass is 16.7. The van der Waals surface area contributed by atoms with Crippen LogP contribution in [0, 0.1) is 0 Å². The molecule has 3 rings (SSSR count). The lowest BCUT2D eigenvalue weighted by Gasteiger charge is -2.19. The molecule has 0 saturated carbocycles. The maximum Gasteiger partial charge on any atom is 0.514 e. The first-order valence-electron chi connectivity index (χ1n) is 7.29. The van der Waals surface area contributed by atoms with Crippen molar-refractivity contribution in [1.82, 2.24) is 0 Å². The molecule has 0 saturated heterocycles.